The number of nitrogens with one attached hydrogen (secondary N) is 3. The third-order valence-corrected chi connectivity index (χ3v) is 5.51. The van der Waals surface area contributed by atoms with Crippen molar-refractivity contribution in [1.82, 2.24) is 20.6 Å². The molecule has 0 aliphatic carbocycles. The van der Waals surface area contributed by atoms with Gasteiger partial charge in [-0.2, -0.15) is 13.2 Å². The third kappa shape index (κ3) is 5.42. The van der Waals surface area contributed by atoms with E-state index in [2.05, 4.69) is 20.6 Å². The van der Waals surface area contributed by atoms with Gasteiger partial charge in [-0.25, -0.2) is 14.8 Å². The highest BCUT2D eigenvalue weighted by atomic mass is 19.4. The lowest BCUT2D eigenvalue weighted by molar-refractivity contribution is -0.123. The lowest BCUT2D eigenvalue weighted by Crippen LogP contribution is -2.48. The molecule has 2 bridgehead atoms. The first-order valence-corrected chi connectivity index (χ1v) is 10.7. The predicted molar refractivity (Wildman–Crippen MR) is 118 cm³/mol. The molecule has 35 heavy (non-hydrogen) atoms. The average molecular weight is 493 g/mol. The van der Waals surface area contributed by atoms with Crippen LogP contribution in [0.4, 0.5) is 35.3 Å². The summed E-state index contributed by atoms with van der Waals surface area (Å²) in [5.74, 6) is -1.23. The van der Waals surface area contributed by atoms with Crippen molar-refractivity contribution >= 4 is 35.2 Å². The molecule has 1 saturated heterocycles. The standard InChI is InChI=1S/C21H22F3N7O4/c22-21(23,24)11-27-19(34)14-1-2-15-17(28-14)31(13-4-7-30(15)10-13)20(35)29-16-9-12(3-5-25-16)18(33)26-6-8-32/h1-3,5,9,13,32H,4,6-8,10-11H2,(H,26,33)(H,27,34)(H,25,29,35)/t13-/m0/s1. The molecule has 14 heteroatoms. The van der Waals surface area contributed by atoms with Crippen molar-refractivity contribution in [2.45, 2.75) is 18.6 Å². The van der Waals surface area contributed by atoms with Gasteiger partial charge in [0.15, 0.2) is 5.82 Å². The van der Waals surface area contributed by atoms with Crippen LogP contribution < -0.4 is 25.8 Å². The van der Waals surface area contributed by atoms with Crippen LogP contribution in [0.3, 0.4) is 0 Å². The van der Waals surface area contributed by atoms with Crippen LogP contribution in [0.1, 0.15) is 27.3 Å². The molecular weight excluding hydrogens is 471 g/mol. The van der Waals surface area contributed by atoms with Crippen LogP contribution in [0.5, 0.6) is 0 Å². The van der Waals surface area contributed by atoms with Gasteiger partial charge < -0.3 is 20.6 Å². The molecule has 4 rings (SSSR count). The van der Waals surface area contributed by atoms with E-state index in [0.29, 0.717) is 25.2 Å². The molecule has 0 saturated carbocycles. The van der Waals surface area contributed by atoms with E-state index in [1.807, 2.05) is 4.90 Å². The van der Waals surface area contributed by atoms with Gasteiger partial charge in [0.1, 0.15) is 18.1 Å². The molecule has 2 aliphatic heterocycles. The molecule has 4 N–H and O–H groups in total. The second-order valence-electron chi connectivity index (χ2n) is 7.94. The summed E-state index contributed by atoms with van der Waals surface area (Å²) >= 11 is 0. The SMILES string of the molecule is O=C(NCCO)c1ccnc(NC(=O)N2c3nc(C(=O)NCC(F)(F)F)ccc3N3CC[C@H]2C3)c1. The fraction of sp³-hybridized carbons (Fsp3) is 0.381. The highest BCUT2D eigenvalue weighted by Crippen LogP contribution is 2.39. The quantitative estimate of drug-likeness (QED) is 0.473. The highest BCUT2D eigenvalue weighted by molar-refractivity contribution is 6.05. The summed E-state index contributed by atoms with van der Waals surface area (Å²) in [5.41, 5.74) is 0.539. The maximum absolute atomic E-state index is 13.2. The maximum atomic E-state index is 13.2. The minimum absolute atomic E-state index is 0.0656. The van der Waals surface area contributed by atoms with Crippen molar-refractivity contribution in [3.8, 4) is 0 Å². The molecule has 2 aromatic rings. The number of carbonyl (C=O) groups is 3. The van der Waals surface area contributed by atoms with Crippen molar-refractivity contribution in [3.63, 3.8) is 0 Å². The number of hydrogen-bond donors (Lipinski definition) is 4. The molecule has 1 atom stereocenters. The van der Waals surface area contributed by atoms with E-state index >= 15 is 0 Å². The highest BCUT2D eigenvalue weighted by Gasteiger charge is 2.40. The zero-order chi connectivity index (χ0) is 25.2. The summed E-state index contributed by atoms with van der Waals surface area (Å²) < 4.78 is 37.5. The minimum atomic E-state index is -4.57. The van der Waals surface area contributed by atoms with Crippen molar-refractivity contribution in [3.05, 3.63) is 41.7 Å². The summed E-state index contributed by atoms with van der Waals surface area (Å²) in [6, 6.07) is 4.79. The summed E-state index contributed by atoms with van der Waals surface area (Å²) in [6.45, 7) is -0.496. The monoisotopic (exact) mass is 493 g/mol. The summed E-state index contributed by atoms with van der Waals surface area (Å²) in [4.78, 5) is 49.2. The molecule has 186 valence electrons. The number of alkyl halides is 3. The van der Waals surface area contributed by atoms with E-state index in [9.17, 15) is 27.6 Å². The lowest BCUT2D eigenvalue weighted by atomic mass is 10.1. The minimum Gasteiger partial charge on any atom is -0.395 e. The van der Waals surface area contributed by atoms with E-state index in [1.54, 1.807) is 11.4 Å². The molecule has 0 radical (unpaired) electrons. The Morgan fingerprint density at radius 2 is 1.94 bits per heavy atom. The van der Waals surface area contributed by atoms with Crippen LogP contribution in [0.25, 0.3) is 0 Å². The molecule has 4 amide bonds. The van der Waals surface area contributed by atoms with Gasteiger partial charge in [0.2, 0.25) is 0 Å². The molecule has 11 nitrogen and oxygen atoms in total. The topological polar surface area (TPSA) is 140 Å². The van der Waals surface area contributed by atoms with E-state index < -0.39 is 30.6 Å². The fourth-order valence-electron chi connectivity index (χ4n) is 3.95. The van der Waals surface area contributed by atoms with Crippen molar-refractivity contribution < 1.29 is 32.7 Å². The normalized spacial score (nSPS) is 16.5. The largest absolute Gasteiger partial charge is 0.405 e. The number of pyridine rings is 2. The average Bonchev–Trinajstić information content (AvgIpc) is 3.24. The smallest absolute Gasteiger partial charge is 0.395 e. The molecule has 0 unspecified atom stereocenters. The number of nitrogens with zero attached hydrogens (tertiary/aromatic N) is 4. The molecule has 4 heterocycles. The van der Waals surface area contributed by atoms with E-state index in [-0.39, 0.29) is 42.1 Å². The molecule has 0 spiro atoms. The molecular formula is C21H22F3N7O4. The number of aliphatic hydroxyl groups excluding tert-OH is 1. The molecule has 0 aromatic carbocycles. The number of fused-ring (bicyclic) bond motifs is 4. The van der Waals surface area contributed by atoms with Crippen molar-refractivity contribution in [2.24, 2.45) is 0 Å². The number of anilines is 3. The first-order valence-electron chi connectivity index (χ1n) is 10.7. The Hall–Kier alpha value is -3.94. The van der Waals surface area contributed by atoms with Gasteiger partial charge in [-0.1, -0.05) is 0 Å². The Labute approximate surface area is 197 Å². The van der Waals surface area contributed by atoms with Crippen LogP contribution in [0, 0.1) is 0 Å². The van der Waals surface area contributed by atoms with Gasteiger partial charge in [-0.05, 0) is 30.7 Å². The van der Waals surface area contributed by atoms with Gasteiger partial charge in [0, 0.05) is 31.4 Å². The summed E-state index contributed by atoms with van der Waals surface area (Å²) in [6.07, 6.45) is -2.61. The molecule has 2 aliphatic rings. The molecule has 2 aromatic heterocycles. The summed E-state index contributed by atoms with van der Waals surface area (Å²) in [7, 11) is 0. The van der Waals surface area contributed by atoms with Crippen molar-refractivity contribution in [2.75, 3.05) is 47.9 Å². The number of carbonyl (C=O) groups excluding carboxylic acids is 3. The Morgan fingerprint density at radius 1 is 1.14 bits per heavy atom. The van der Waals surface area contributed by atoms with Crippen LogP contribution >= 0.6 is 0 Å². The number of amides is 4. The second kappa shape index (κ2) is 9.74. The second-order valence-corrected chi connectivity index (χ2v) is 7.94. The van der Waals surface area contributed by atoms with Crippen LogP contribution in [0.2, 0.25) is 0 Å². The van der Waals surface area contributed by atoms with E-state index in [1.165, 1.54) is 29.3 Å². The maximum Gasteiger partial charge on any atom is 0.405 e. The van der Waals surface area contributed by atoms with Crippen molar-refractivity contribution in [1.29, 1.82) is 0 Å². The zero-order valence-electron chi connectivity index (χ0n) is 18.3. The Balaban J connectivity index is 1.56. The number of urea groups is 1. The number of hydrogen-bond acceptors (Lipinski definition) is 7. The first-order chi connectivity index (χ1) is 16.7. The third-order valence-electron chi connectivity index (χ3n) is 5.51. The van der Waals surface area contributed by atoms with Crippen LogP contribution in [0.15, 0.2) is 30.5 Å². The van der Waals surface area contributed by atoms with Gasteiger partial charge in [0.05, 0.1) is 18.3 Å². The van der Waals surface area contributed by atoms with Gasteiger partial charge >= 0.3 is 12.2 Å². The number of halogens is 3. The Bertz CT molecular complexity index is 1140. The van der Waals surface area contributed by atoms with Crippen LogP contribution in [-0.4, -0.2) is 77.9 Å². The predicted octanol–water partition coefficient (Wildman–Crippen LogP) is 1.12. The number of rotatable bonds is 6. The lowest BCUT2D eigenvalue weighted by Gasteiger charge is -2.35. The van der Waals surface area contributed by atoms with Gasteiger partial charge in [-0.15, -0.1) is 0 Å². The van der Waals surface area contributed by atoms with Gasteiger partial charge in [0.25, 0.3) is 11.8 Å². The van der Waals surface area contributed by atoms with E-state index in [0.717, 1.165) is 0 Å². The van der Waals surface area contributed by atoms with Gasteiger partial charge in [-0.3, -0.25) is 19.8 Å². The van der Waals surface area contributed by atoms with E-state index in [4.69, 9.17) is 5.11 Å². The number of aromatic nitrogens is 2. The first kappa shape index (κ1) is 24.2. The fourth-order valence-corrected chi connectivity index (χ4v) is 3.95. The number of aliphatic hydroxyl groups is 1. The Morgan fingerprint density at radius 3 is 2.69 bits per heavy atom. The molecule has 1 fully saturated rings. The zero-order valence-corrected chi connectivity index (χ0v) is 18.3. The Kier molecular flexibility index (Phi) is 6.73. The van der Waals surface area contributed by atoms with Crippen LogP contribution in [-0.2, 0) is 0 Å². The summed E-state index contributed by atoms with van der Waals surface area (Å²) in [5, 5.41) is 15.8.